The summed E-state index contributed by atoms with van der Waals surface area (Å²) in [6, 6.07) is 2.91. The second-order valence-corrected chi connectivity index (χ2v) is 9.44. The number of benzene rings is 1. The van der Waals surface area contributed by atoms with Crippen molar-refractivity contribution >= 4 is 21.7 Å². The number of nitrogens with two attached hydrogens (primary N) is 2. The van der Waals surface area contributed by atoms with Gasteiger partial charge in [0.2, 0.25) is 5.91 Å². The fourth-order valence-corrected chi connectivity index (χ4v) is 4.65. The zero-order valence-electron chi connectivity index (χ0n) is 17.0. The van der Waals surface area contributed by atoms with Crippen LogP contribution in [0.25, 0.3) is 0 Å². The van der Waals surface area contributed by atoms with Crippen LogP contribution in [0.1, 0.15) is 18.5 Å². The van der Waals surface area contributed by atoms with Gasteiger partial charge in [-0.3, -0.25) is 14.5 Å². The highest BCUT2D eigenvalue weighted by atomic mass is 32.2. The second-order valence-electron chi connectivity index (χ2n) is 7.26. The van der Waals surface area contributed by atoms with E-state index in [-0.39, 0.29) is 11.3 Å². The number of hydrogen-bond acceptors (Lipinski definition) is 8. The minimum atomic E-state index is -3.56. The number of sulfone groups is 1. The van der Waals surface area contributed by atoms with Gasteiger partial charge in [0.05, 0.1) is 37.5 Å². The third-order valence-electron chi connectivity index (χ3n) is 5.15. The molecule has 1 aromatic rings. The van der Waals surface area contributed by atoms with Crippen LogP contribution in [0, 0.1) is 5.92 Å². The number of hydrogen-bond donors (Lipinski definition) is 2. The van der Waals surface area contributed by atoms with Crippen LogP contribution in [0.4, 0.5) is 0 Å². The van der Waals surface area contributed by atoms with Crippen molar-refractivity contribution in [2.75, 3.05) is 25.7 Å². The highest BCUT2D eigenvalue weighted by Gasteiger charge is 2.51. The molecule has 1 heterocycles. The molecule has 162 valence electrons. The van der Waals surface area contributed by atoms with E-state index >= 15 is 0 Å². The van der Waals surface area contributed by atoms with E-state index < -0.39 is 45.4 Å². The number of likely N-dealkylation sites (tertiary alicyclic amines) is 1. The van der Waals surface area contributed by atoms with Crippen LogP contribution in [0.3, 0.4) is 0 Å². The van der Waals surface area contributed by atoms with Crippen LogP contribution < -0.4 is 20.9 Å². The van der Waals surface area contributed by atoms with Gasteiger partial charge in [0.25, 0.3) is 5.91 Å². The van der Waals surface area contributed by atoms with Crippen LogP contribution in [-0.2, 0) is 19.4 Å². The van der Waals surface area contributed by atoms with E-state index in [0.29, 0.717) is 23.7 Å². The third-order valence-corrected chi connectivity index (χ3v) is 6.07. The Kier molecular flexibility index (Phi) is 5.91. The van der Waals surface area contributed by atoms with Crippen molar-refractivity contribution in [3.8, 4) is 11.5 Å². The first-order valence-corrected chi connectivity index (χ1v) is 11.4. The number of amides is 2. The second kappa shape index (κ2) is 8.11. The number of nitrogens with zero attached hydrogens (tertiary/aromatic N) is 1. The minimum absolute atomic E-state index is 0.207. The Balaban J connectivity index is 2.09. The number of carbonyl (C=O) groups excluding carboxylic acids is 2. The quantitative estimate of drug-likeness (QED) is 0.582. The molecule has 10 heteroatoms. The number of allylic oxidation sites excluding steroid dienone is 2. The molecule has 1 aliphatic heterocycles. The summed E-state index contributed by atoms with van der Waals surface area (Å²) < 4.78 is 35.2. The predicted octanol–water partition coefficient (Wildman–Crippen LogP) is 0.275. The first-order chi connectivity index (χ1) is 14.1. The molecule has 0 bridgehead atoms. The van der Waals surface area contributed by atoms with Crippen LogP contribution in [-0.4, -0.2) is 56.9 Å². The first-order valence-electron chi connectivity index (χ1n) is 9.37. The summed E-state index contributed by atoms with van der Waals surface area (Å²) in [5.74, 6) is -1.69. The van der Waals surface area contributed by atoms with E-state index in [0.717, 1.165) is 11.2 Å². The van der Waals surface area contributed by atoms with Crippen molar-refractivity contribution in [1.29, 1.82) is 0 Å². The number of ether oxygens (including phenoxy) is 2. The summed E-state index contributed by atoms with van der Waals surface area (Å²) in [5.41, 5.74) is 12.8. The zero-order valence-corrected chi connectivity index (χ0v) is 17.8. The normalized spacial score (nSPS) is 22.3. The molecule has 0 aromatic heterocycles. The lowest BCUT2D eigenvalue weighted by atomic mass is 9.88. The predicted molar refractivity (Wildman–Crippen MR) is 110 cm³/mol. The first kappa shape index (κ1) is 21.8. The summed E-state index contributed by atoms with van der Waals surface area (Å²) in [6.07, 6.45) is 4.02. The molecule has 2 amide bonds. The van der Waals surface area contributed by atoms with Crippen LogP contribution >= 0.6 is 0 Å². The highest BCUT2D eigenvalue weighted by Crippen LogP contribution is 2.39. The van der Waals surface area contributed by atoms with Crippen molar-refractivity contribution in [2.24, 2.45) is 17.4 Å². The Bertz CT molecular complexity index is 1050. The maximum Gasteiger partial charge on any atom is 0.257 e. The Morgan fingerprint density at radius 1 is 1.20 bits per heavy atom. The van der Waals surface area contributed by atoms with Gasteiger partial charge in [0.1, 0.15) is 9.84 Å². The van der Waals surface area contributed by atoms with Gasteiger partial charge in [0, 0.05) is 17.5 Å². The molecule has 3 atom stereocenters. The van der Waals surface area contributed by atoms with Crippen LogP contribution in [0.2, 0.25) is 0 Å². The molecule has 2 aliphatic rings. The van der Waals surface area contributed by atoms with Crippen molar-refractivity contribution in [3.05, 3.63) is 47.2 Å². The highest BCUT2D eigenvalue weighted by molar-refractivity contribution is 7.90. The van der Waals surface area contributed by atoms with E-state index in [1.807, 2.05) is 0 Å². The minimum Gasteiger partial charge on any atom is -0.493 e. The molecule has 1 fully saturated rings. The SMILES string of the molecule is CCOc1cc(C(CS(C)(=O)=O)N2C(=O)C3=CC=C(N)C(N)C3C2=O)ccc1OC. The Morgan fingerprint density at radius 3 is 2.50 bits per heavy atom. The zero-order chi connectivity index (χ0) is 22.2. The number of imide groups is 1. The van der Waals surface area contributed by atoms with Gasteiger partial charge in [-0.25, -0.2) is 8.42 Å². The van der Waals surface area contributed by atoms with Crippen LogP contribution in [0.15, 0.2) is 41.6 Å². The van der Waals surface area contributed by atoms with Gasteiger partial charge in [-0.2, -0.15) is 0 Å². The molecule has 3 rings (SSSR count). The van der Waals surface area contributed by atoms with E-state index in [2.05, 4.69) is 0 Å². The van der Waals surface area contributed by atoms with Gasteiger partial charge in [0.15, 0.2) is 11.5 Å². The van der Waals surface area contributed by atoms with Gasteiger partial charge < -0.3 is 20.9 Å². The fourth-order valence-electron chi connectivity index (χ4n) is 3.74. The topological polar surface area (TPSA) is 142 Å². The number of rotatable bonds is 7. The van der Waals surface area contributed by atoms with Crippen molar-refractivity contribution in [1.82, 2.24) is 4.90 Å². The van der Waals surface area contributed by atoms with Gasteiger partial charge in [-0.15, -0.1) is 0 Å². The average Bonchev–Trinajstić information content (AvgIpc) is 2.93. The number of methoxy groups -OCH3 is 1. The molecule has 1 aromatic carbocycles. The molecule has 3 unspecified atom stereocenters. The summed E-state index contributed by atoms with van der Waals surface area (Å²) in [7, 11) is -2.08. The molecular weight excluding hydrogens is 410 g/mol. The fraction of sp³-hybridized carbons (Fsp3) is 0.400. The molecule has 0 radical (unpaired) electrons. The number of fused-ring (bicyclic) bond motifs is 1. The summed E-state index contributed by atoms with van der Waals surface area (Å²) in [5, 5.41) is 0. The molecule has 0 spiro atoms. The Labute approximate surface area is 175 Å². The van der Waals surface area contributed by atoms with E-state index in [1.54, 1.807) is 25.1 Å². The smallest absolute Gasteiger partial charge is 0.257 e. The summed E-state index contributed by atoms with van der Waals surface area (Å²) in [6.45, 7) is 2.15. The van der Waals surface area contributed by atoms with Gasteiger partial charge in [-0.1, -0.05) is 12.1 Å². The Hall–Kier alpha value is -2.85. The average molecular weight is 436 g/mol. The lowest BCUT2D eigenvalue weighted by Crippen LogP contribution is -2.43. The standard InChI is InChI=1S/C20H25N3O6S/c1-4-29-16-9-11(5-8-15(16)28-2)14(10-30(3,26)27)23-19(24)12-6-7-13(21)18(22)17(12)20(23)25/h5-9,14,17-18H,4,10,21-22H2,1-3H3. The monoisotopic (exact) mass is 435 g/mol. The largest absolute Gasteiger partial charge is 0.493 e. The maximum absolute atomic E-state index is 13.2. The Morgan fingerprint density at radius 2 is 1.90 bits per heavy atom. The molecule has 30 heavy (non-hydrogen) atoms. The molecule has 1 saturated heterocycles. The van der Waals surface area contributed by atoms with E-state index in [4.69, 9.17) is 20.9 Å². The number of carbonyl (C=O) groups is 2. The third kappa shape index (κ3) is 3.92. The maximum atomic E-state index is 13.2. The van der Waals surface area contributed by atoms with E-state index in [9.17, 15) is 18.0 Å². The van der Waals surface area contributed by atoms with Crippen molar-refractivity contribution < 1.29 is 27.5 Å². The molecule has 0 saturated carbocycles. The molecular formula is C20H25N3O6S. The van der Waals surface area contributed by atoms with Gasteiger partial charge in [-0.05, 0) is 30.7 Å². The van der Waals surface area contributed by atoms with Gasteiger partial charge >= 0.3 is 0 Å². The molecule has 9 nitrogen and oxygen atoms in total. The lowest BCUT2D eigenvalue weighted by Gasteiger charge is -2.27. The van der Waals surface area contributed by atoms with Crippen molar-refractivity contribution in [3.63, 3.8) is 0 Å². The van der Waals surface area contributed by atoms with Crippen LogP contribution in [0.5, 0.6) is 11.5 Å². The molecule has 1 aliphatic carbocycles. The lowest BCUT2D eigenvalue weighted by molar-refractivity contribution is -0.141. The molecule has 4 N–H and O–H groups in total. The summed E-state index contributed by atoms with van der Waals surface area (Å²) in [4.78, 5) is 27.3. The summed E-state index contributed by atoms with van der Waals surface area (Å²) >= 11 is 0. The van der Waals surface area contributed by atoms with E-state index in [1.165, 1.54) is 19.3 Å². The van der Waals surface area contributed by atoms with Crippen molar-refractivity contribution in [2.45, 2.75) is 19.0 Å².